The van der Waals surface area contributed by atoms with Crippen LogP contribution >= 0.6 is 27.7 Å². The van der Waals surface area contributed by atoms with E-state index < -0.39 is 0 Å². The van der Waals surface area contributed by atoms with Crippen LogP contribution in [0.15, 0.2) is 70.3 Å². The number of nitrogens with two attached hydrogens (primary N) is 1. The fraction of sp³-hybridized carbons (Fsp3) is 0.118. The minimum Gasteiger partial charge on any atom is -0.323 e. The van der Waals surface area contributed by atoms with Crippen molar-refractivity contribution in [2.24, 2.45) is 5.73 Å². The third-order valence-electron chi connectivity index (χ3n) is 3.35. The summed E-state index contributed by atoms with van der Waals surface area (Å²) in [5.41, 5.74) is 7.58. The molecule has 0 fully saturated rings. The fourth-order valence-electron chi connectivity index (χ4n) is 2.31. The Morgan fingerprint density at radius 3 is 2.71 bits per heavy atom. The van der Waals surface area contributed by atoms with Crippen LogP contribution in [0.1, 0.15) is 11.6 Å². The lowest BCUT2D eigenvalue weighted by Gasteiger charge is -2.14. The second-order valence-electron chi connectivity index (χ2n) is 4.78. The van der Waals surface area contributed by atoms with Gasteiger partial charge in [0.25, 0.3) is 0 Å². The van der Waals surface area contributed by atoms with E-state index in [1.165, 1.54) is 16.3 Å². The summed E-state index contributed by atoms with van der Waals surface area (Å²) in [6.07, 6.45) is 1.80. The predicted molar refractivity (Wildman–Crippen MR) is 93.5 cm³/mol. The van der Waals surface area contributed by atoms with Crippen LogP contribution in [0, 0.1) is 0 Å². The molecule has 1 atom stereocenters. The lowest BCUT2D eigenvalue weighted by molar-refractivity contribution is 0.838. The normalized spacial score (nSPS) is 12.5. The summed E-state index contributed by atoms with van der Waals surface area (Å²) in [4.78, 5) is 4.37. The summed E-state index contributed by atoms with van der Waals surface area (Å²) < 4.78 is 1.01. The molecule has 0 radical (unpaired) electrons. The summed E-state index contributed by atoms with van der Waals surface area (Å²) in [5, 5.41) is 3.44. The van der Waals surface area contributed by atoms with Crippen LogP contribution in [0.2, 0.25) is 0 Å². The average Bonchev–Trinajstić information content (AvgIpc) is 2.53. The lowest BCUT2D eigenvalue weighted by atomic mass is 10.0. The molecule has 1 aromatic heterocycles. The lowest BCUT2D eigenvalue weighted by Crippen LogP contribution is -2.13. The number of fused-ring (bicyclic) bond motifs is 1. The van der Waals surface area contributed by atoms with Gasteiger partial charge in [-0.05, 0) is 44.4 Å². The van der Waals surface area contributed by atoms with Gasteiger partial charge < -0.3 is 5.73 Å². The first-order valence-corrected chi connectivity index (χ1v) is 8.50. The molecule has 2 aromatic carbocycles. The molecular weight excluding hydrogens is 344 g/mol. The number of hydrogen-bond acceptors (Lipinski definition) is 3. The number of halogens is 1. The third-order valence-corrected chi connectivity index (χ3v) is 5.37. The van der Waals surface area contributed by atoms with E-state index >= 15 is 0 Å². The molecule has 2 N–H and O–H groups in total. The molecule has 0 amide bonds. The zero-order valence-corrected chi connectivity index (χ0v) is 13.8. The number of rotatable bonds is 4. The number of thioether (sulfide) groups is 1. The van der Waals surface area contributed by atoms with Crippen LogP contribution < -0.4 is 5.73 Å². The molecule has 21 heavy (non-hydrogen) atoms. The summed E-state index contributed by atoms with van der Waals surface area (Å²) in [7, 11) is 0. The predicted octanol–water partition coefficient (Wildman–Crippen LogP) is 4.79. The Labute approximate surface area is 136 Å². The van der Waals surface area contributed by atoms with Gasteiger partial charge in [0.05, 0.1) is 0 Å². The number of nitrogens with zero attached hydrogens (tertiary/aromatic N) is 1. The van der Waals surface area contributed by atoms with Gasteiger partial charge in [-0.25, -0.2) is 4.98 Å². The van der Waals surface area contributed by atoms with Crippen molar-refractivity contribution >= 4 is 38.5 Å². The van der Waals surface area contributed by atoms with Crippen molar-refractivity contribution in [3.05, 3.63) is 70.8 Å². The van der Waals surface area contributed by atoms with E-state index in [-0.39, 0.29) is 6.04 Å². The Morgan fingerprint density at radius 2 is 1.86 bits per heavy atom. The Bertz CT molecular complexity index is 755. The third kappa shape index (κ3) is 3.28. The zero-order valence-electron chi connectivity index (χ0n) is 11.4. The average molecular weight is 359 g/mol. The molecule has 0 aliphatic heterocycles. The Hall–Kier alpha value is -1.36. The number of hydrogen-bond donors (Lipinski definition) is 1. The van der Waals surface area contributed by atoms with Gasteiger partial charge in [-0.3, -0.25) is 0 Å². The van der Waals surface area contributed by atoms with E-state index in [1.807, 2.05) is 12.1 Å². The molecule has 0 saturated carbocycles. The maximum atomic E-state index is 6.40. The van der Waals surface area contributed by atoms with Crippen LogP contribution in [-0.4, -0.2) is 10.7 Å². The minimum atomic E-state index is -0.0185. The molecule has 1 heterocycles. The number of aromatic nitrogens is 1. The molecule has 1 unspecified atom stereocenters. The summed E-state index contributed by atoms with van der Waals surface area (Å²) in [6.45, 7) is 0. The molecular formula is C17H15BrN2S. The van der Waals surface area contributed by atoms with Gasteiger partial charge in [-0.2, -0.15) is 0 Å². The number of pyridine rings is 1. The van der Waals surface area contributed by atoms with Crippen molar-refractivity contribution in [1.82, 2.24) is 4.98 Å². The van der Waals surface area contributed by atoms with Crippen LogP contribution in [0.25, 0.3) is 10.8 Å². The summed E-state index contributed by atoms with van der Waals surface area (Å²) >= 11 is 5.19. The highest BCUT2D eigenvalue weighted by Gasteiger charge is 2.11. The van der Waals surface area contributed by atoms with E-state index in [2.05, 4.69) is 63.4 Å². The van der Waals surface area contributed by atoms with Gasteiger partial charge in [-0.1, -0.05) is 42.5 Å². The Balaban J connectivity index is 1.81. The first kappa shape index (κ1) is 14.6. The van der Waals surface area contributed by atoms with Crippen molar-refractivity contribution in [1.29, 1.82) is 0 Å². The monoisotopic (exact) mass is 358 g/mol. The quantitative estimate of drug-likeness (QED) is 0.681. The summed E-state index contributed by atoms with van der Waals surface area (Å²) in [6, 6.07) is 18.6. The minimum absolute atomic E-state index is 0.0185. The van der Waals surface area contributed by atoms with Crippen LogP contribution in [0.4, 0.5) is 0 Å². The molecule has 0 saturated heterocycles. The Morgan fingerprint density at radius 1 is 1.05 bits per heavy atom. The first-order valence-electron chi connectivity index (χ1n) is 6.72. The van der Waals surface area contributed by atoms with Gasteiger partial charge >= 0.3 is 0 Å². The highest BCUT2D eigenvalue weighted by atomic mass is 79.9. The maximum Gasteiger partial charge on any atom is 0.110 e. The maximum absolute atomic E-state index is 6.40. The van der Waals surface area contributed by atoms with Crippen LogP contribution in [0.3, 0.4) is 0 Å². The highest BCUT2D eigenvalue weighted by molar-refractivity contribution is 9.10. The van der Waals surface area contributed by atoms with Crippen LogP contribution in [0.5, 0.6) is 0 Å². The molecule has 0 aliphatic carbocycles. The molecule has 0 spiro atoms. The van der Waals surface area contributed by atoms with E-state index in [9.17, 15) is 0 Å². The molecule has 3 aromatic rings. The topological polar surface area (TPSA) is 38.9 Å². The van der Waals surface area contributed by atoms with Crippen LogP contribution in [-0.2, 0) is 0 Å². The van der Waals surface area contributed by atoms with Crippen molar-refractivity contribution in [2.75, 3.05) is 5.75 Å². The van der Waals surface area contributed by atoms with Gasteiger partial charge in [0.15, 0.2) is 0 Å². The molecule has 3 rings (SSSR count). The van der Waals surface area contributed by atoms with Crippen molar-refractivity contribution in [3.63, 3.8) is 0 Å². The molecule has 0 bridgehead atoms. The van der Waals surface area contributed by atoms with Gasteiger partial charge in [0.1, 0.15) is 5.03 Å². The summed E-state index contributed by atoms with van der Waals surface area (Å²) in [5.74, 6) is 0.795. The van der Waals surface area contributed by atoms with E-state index in [4.69, 9.17) is 5.73 Å². The SMILES string of the molecule is NC(CSc1ncccc1Br)c1cccc2ccccc12. The fourth-order valence-corrected chi connectivity index (χ4v) is 3.77. The van der Waals surface area contributed by atoms with Gasteiger partial charge in [0, 0.05) is 22.5 Å². The standard InChI is InChI=1S/C17H15BrN2S/c18-15-9-4-10-20-17(15)21-11-16(19)14-8-3-6-12-5-1-2-7-13(12)14/h1-10,16H,11,19H2. The van der Waals surface area contributed by atoms with Gasteiger partial charge in [-0.15, -0.1) is 11.8 Å². The molecule has 4 heteroatoms. The second kappa shape index (κ2) is 6.60. The second-order valence-corrected chi connectivity index (χ2v) is 6.64. The molecule has 2 nitrogen and oxygen atoms in total. The smallest absolute Gasteiger partial charge is 0.110 e. The Kier molecular flexibility index (Phi) is 4.58. The zero-order chi connectivity index (χ0) is 14.7. The van der Waals surface area contributed by atoms with Crippen molar-refractivity contribution < 1.29 is 0 Å². The largest absolute Gasteiger partial charge is 0.323 e. The highest BCUT2D eigenvalue weighted by Crippen LogP contribution is 2.30. The first-order chi connectivity index (χ1) is 10.3. The van der Waals surface area contributed by atoms with Crippen molar-refractivity contribution in [2.45, 2.75) is 11.1 Å². The van der Waals surface area contributed by atoms with Gasteiger partial charge in [0.2, 0.25) is 0 Å². The molecule has 106 valence electrons. The number of benzene rings is 2. The van der Waals surface area contributed by atoms with E-state index in [1.54, 1.807) is 18.0 Å². The van der Waals surface area contributed by atoms with Crippen molar-refractivity contribution in [3.8, 4) is 0 Å². The van der Waals surface area contributed by atoms with E-state index in [0.717, 1.165) is 15.3 Å². The van der Waals surface area contributed by atoms with E-state index in [0.29, 0.717) is 0 Å². The molecule has 0 aliphatic rings.